The fourth-order valence-corrected chi connectivity index (χ4v) is 3.89. The summed E-state index contributed by atoms with van der Waals surface area (Å²) in [4.78, 5) is 14.5. The van der Waals surface area contributed by atoms with Gasteiger partial charge in [-0.15, -0.1) is 0 Å². The molecule has 2 aromatic heterocycles. The maximum atomic E-state index is 12.0. The van der Waals surface area contributed by atoms with Gasteiger partial charge in [-0.05, 0) is 50.9 Å². The van der Waals surface area contributed by atoms with Gasteiger partial charge in [-0.2, -0.15) is 5.10 Å². The minimum atomic E-state index is 0.191. The maximum Gasteiger partial charge on any atom is 0.223 e. The smallest absolute Gasteiger partial charge is 0.223 e. The first kappa shape index (κ1) is 18.3. The Hall–Kier alpha value is -2.08. The van der Waals surface area contributed by atoms with E-state index in [4.69, 9.17) is 4.42 Å². The Bertz CT molecular complexity index is 790. The fourth-order valence-electron chi connectivity index (χ4n) is 3.89. The van der Waals surface area contributed by atoms with Crippen molar-refractivity contribution in [3.63, 3.8) is 0 Å². The molecule has 27 heavy (non-hydrogen) atoms. The van der Waals surface area contributed by atoms with Crippen LogP contribution in [0.1, 0.15) is 61.4 Å². The van der Waals surface area contributed by atoms with Crippen molar-refractivity contribution >= 4 is 5.91 Å². The Morgan fingerprint density at radius 2 is 2.22 bits per heavy atom. The number of fused-ring (bicyclic) bond motifs is 1. The van der Waals surface area contributed by atoms with Crippen LogP contribution >= 0.6 is 0 Å². The molecule has 6 heteroatoms. The van der Waals surface area contributed by atoms with Crippen LogP contribution in [0.25, 0.3) is 0 Å². The first-order valence-corrected chi connectivity index (χ1v) is 10.2. The molecule has 0 unspecified atom stereocenters. The molecule has 2 aliphatic rings. The van der Waals surface area contributed by atoms with Crippen LogP contribution in [0.2, 0.25) is 0 Å². The number of rotatable bonds is 7. The van der Waals surface area contributed by atoms with Gasteiger partial charge in [-0.25, -0.2) is 0 Å². The Morgan fingerprint density at radius 3 is 2.93 bits per heavy atom. The van der Waals surface area contributed by atoms with Gasteiger partial charge in [-0.3, -0.25) is 14.4 Å². The van der Waals surface area contributed by atoms with Crippen molar-refractivity contribution in [1.29, 1.82) is 0 Å². The van der Waals surface area contributed by atoms with E-state index in [1.807, 2.05) is 13.0 Å². The second-order valence-corrected chi connectivity index (χ2v) is 8.11. The molecule has 0 radical (unpaired) electrons. The van der Waals surface area contributed by atoms with Crippen LogP contribution in [0, 0.1) is 12.8 Å². The molecule has 1 amide bonds. The highest BCUT2D eigenvalue weighted by Gasteiger charge is 2.25. The summed E-state index contributed by atoms with van der Waals surface area (Å²) in [5, 5.41) is 7.71. The van der Waals surface area contributed by atoms with Gasteiger partial charge in [0.25, 0.3) is 0 Å². The third-order valence-electron chi connectivity index (χ3n) is 5.97. The summed E-state index contributed by atoms with van der Waals surface area (Å²) < 4.78 is 7.85. The van der Waals surface area contributed by atoms with Crippen molar-refractivity contribution in [1.82, 2.24) is 20.0 Å². The van der Waals surface area contributed by atoms with Gasteiger partial charge < -0.3 is 9.73 Å². The third kappa shape index (κ3) is 4.26. The van der Waals surface area contributed by atoms with E-state index in [-0.39, 0.29) is 11.8 Å². The van der Waals surface area contributed by atoms with Crippen LogP contribution in [0.3, 0.4) is 0 Å². The molecule has 1 N–H and O–H groups in total. The Kier molecular flexibility index (Phi) is 5.34. The van der Waals surface area contributed by atoms with Crippen LogP contribution in [-0.4, -0.2) is 33.7 Å². The topological polar surface area (TPSA) is 63.3 Å². The number of hydrogen-bond acceptors (Lipinski definition) is 4. The molecular weight excluding hydrogens is 340 g/mol. The molecule has 6 nitrogen and oxygen atoms in total. The number of amides is 1. The molecule has 0 spiro atoms. The zero-order valence-corrected chi connectivity index (χ0v) is 16.4. The highest BCUT2D eigenvalue weighted by molar-refractivity contribution is 5.79. The summed E-state index contributed by atoms with van der Waals surface area (Å²) in [6.45, 7) is 8.69. The molecule has 1 saturated carbocycles. The van der Waals surface area contributed by atoms with Crippen molar-refractivity contribution in [3.05, 3.63) is 41.1 Å². The number of aryl methyl sites for hydroxylation is 1. The van der Waals surface area contributed by atoms with E-state index in [0.717, 1.165) is 62.7 Å². The second-order valence-electron chi connectivity index (χ2n) is 8.11. The lowest BCUT2D eigenvalue weighted by Crippen LogP contribution is -2.35. The molecule has 0 bridgehead atoms. The normalized spacial score (nSPS) is 18.7. The van der Waals surface area contributed by atoms with E-state index in [0.29, 0.717) is 12.5 Å². The number of aromatic nitrogens is 2. The average Bonchev–Trinajstić information content (AvgIpc) is 3.21. The number of furan rings is 1. The molecule has 1 fully saturated rings. The van der Waals surface area contributed by atoms with Crippen LogP contribution in [0.15, 0.2) is 22.6 Å². The van der Waals surface area contributed by atoms with Crippen LogP contribution in [-0.2, 0) is 24.4 Å². The molecule has 146 valence electrons. The maximum absolute atomic E-state index is 12.0. The highest BCUT2D eigenvalue weighted by Crippen LogP contribution is 2.26. The van der Waals surface area contributed by atoms with Crippen LogP contribution in [0.5, 0.6) is 0 Å². The van der Waals surface area contributed by atoms with Gasteiger partial charge in [0.2, 0.25) is 5.91 Å². The number of nitrogens with zero attached hydrogens (tertiary/aromatic N) is 3. The van der Waals surface area contributed by atoms with Crippen molar-refractivity contribution in [2.24, 2.45) is 5.92 Å². The Balaban J connectivity index is 1.26. The fraction of sp³-hybridized carbons (Fsp3) is 0.619. The van der Waals surface area contributed by atoms with Gasteiger partial charge in [0.1, 0.15) is 11.5 Å². The average molecular weight is 370 g/mol. The molecule has 1 atom stereocenters. The number of hydrogen-bond donors (Lipinski definition) is 1. The number of carbonyl (C=O) groups excluding carboxylic acids is 1. The summed E-state index contributed by atoms with van der Waals surface area (Å²) >= 11 is 0. The van der Waals surface area contributed by atoms with Gasteiger partial charge >= 0.3 is 0 Å². The zero-order chi connectivity index (χ0) is 18.8. The molecule has 0 saturated heterocycles. The molecule has 0 aromatic carbocycles. The van der Waals surface area contributed by atoms with Crippen molar-refractivity contribution in [3.8, 4) is 0 Å². The summed E-state index contributed by atoms with van der Waals surface area (Å²) in [6.07, 6.45) is 4.35. The molecule has 2 aromatic rings. The van der Waals surface area contributed by atoms with E-state index >= 15 is 0 Å². The van der Waals surface area contributed by atoms with E-state index in [1.54, 1.807) is 0 Å². The Morgan fingerprint density at radius 1 is 1.37 bits per heavy atom. The van der Waals surface area contributed by atoms with Crippen LogP contribution < -0.4 is 5.32 Å². The summed E-state index contributed by atoms with van der Waals surface area (Å²) in [6, 6.07) is 6.28. The van der Waals surface area contributed by atoms with Crippen molar-refractivity contribution in [2.75, 3.05) is 13.1 Å². The minimum Gasteiger partial charge on any atom is -0.466 e. The van der Waals surface area contributed by atoms with Crippen molar-refractivity contribution < 1.29 is 9.21 Å². The van der Waals surface area contributed by atoms with E-state index < -0.39 is 0 Å². The monoisotopic (exact) mass is 370 g/mol. The molecule has 3 heterocycles. The summed E-state index contributed by atoms with van der Waals surface area (Å²) in [5.74, 6) is 2.92. The quantitative estimate of drug-likeness (QED) is 0.813. The summed E-state index contributed by atoms with van der Waals surface area (Å²) in [7, 11) is 0. The van der Waals surface area contributed by atoms with Gasteiger partial charge in [0.15, 0.2) is 0 Å². The largest absolute Gasteiger partial charge is 0.466 e. The molecule has 1 aliphatic carbocycles. The predicted molar refractivity (Wildman–Crippen MR) is 103 cm³/mol. The minimum absolute atomic E-state index is 0.191. The highest BCUT2D eigenvalue weighted by atomic mass is 16.3. The van der Waals surface area contributed by atoms with Gasteiger partial charge in [0.05, 0.1) is 24.5 Å². The lowest BCUT2D eigenvalue weighted by Gasteiger charge is -2.28. The number of nitrogens with one attached hydrogen (secondary N) is 1. The second kappa shape index (κ2) is 7.89. The number of carbonyl (C=O) groups is 1. The molecule has 4 rings (SSSR count). The predicted octanol–water partition coefficient (Wildman–Crippen LogP) is 3.21. The SMILES string of the molecule is Cc1ccc([C@H](C)CCN2CCn3nc(CNC(=O)C4CCC4)cc3C2)o1. The first-order chi connectivity index (χ1) is 13.1. The van der Waals surface area contributed by atoms with E-state index in [1.165, 1.54) is 12.1 Å². The summed E-state index contributed by atoms with van der Waals surface area (Å²) in [5.41, 5.74) is 2.22. The zero-order valence-electron chi connectivity index (χ0n) is 16.4. The van der Waals surface area contributed by atoms with Crippen LogP contribution in [0.4, 0.5) is 0 Å². The van der Waals surface area contributed by atoms with Gasteiger partial charge in [0, 0.05) is 24.9 Å². The Labute approximate surface area is 160 Å². The van der Waals surface area contributed by atoms with E-state index in [9.17, 15) is 4.79 Å². The third-order valence-corrected chi connectivity index (χ3v) is 5.97. The molecular formula is C21H30N4O2. The van der Waals surface area contributed by atoms with Crippen molar-refractivity contribution in [2.45, 2.75) is 65.1 Å². The van der Waals surface area contributed by atoms with Gasteiger partial charge in [-0.1, -0.05) is 13.3 Å². The first-order valence-electron chi connectivity index (χ1n) is 10.2. The standard InChI is InChI=1S/C21H30N4O2/c1-15(20-7-6-16(2)27-20)8-9-24-10-11-25-19(14-24)12-18(23-25)13-22-21(26)17-4-3-5-17/h6-7,12,15,17H,3-5,8-11,13-14H2,1-2H3,(H,22,26)/t15-/m1/s1. The molecule has 1 aliphatic heterocycles. The van der Waals surface area contributed by atoms with E-state index in [2.05, 4.69) is 39.1 Å². The lowest BCUT2D eigenvalue weighted by atomic mass is 9.85. The lowest BCUT2D eigenvalue weighted by molar-refractivity contribution is -0.127.